The molecule has 21 heavy (non-hydrogen) atoms. The number of non-ortho nitro benzene ring substituents is 1. The van der Waals surface area contributed by atoms with Gasteiger partial charge in [-0.05, 0) is 24.1 Å². The number of nitro benzene ring substituents is 1. The van der Waals surface area contributed by atoms with Gasteiger partial charge in [-0.25, -0.2) is 4.39 Å². The number of hydrogen-bond donors (Lipinski definition) is 2. The maximum atomic E-state index is 13.5. The van der Waals surface area contributed by atoms with Crippen LogP contribution in [0.2, 0.25) is 0 Å². The van der Waals surface area contributed by atoms with E-state index >= 15 is 0 Å². The maximum absolute atomic E-state index is 13.5. The highest BCUT2D eigenvalue weighted by molar-refractivity contribution is 5.63. The number of rotatable bonds is 6. The zero-order valence-electron chi connectivity index (χ0n) is 11.6. The molecule has 0 aliphatic rings. The summed E-state index contributed by atoms with van der Waals surface area (Å²) < 4.78 is 13.5. The van der Waals surface area contributed by atoms with Crippen molar-refractivity contribution in [1.29, 1.82) is 0 Å². The largest absolute Gasteiger partial charge is 0.388 e. The van der Waals surface area contributed by atoms with Crippen molar-refractivity contribution in [2.75, 3.05) is 24.2 Å². The third kappa shape index (κ3) is 3.92. The molecule has 5 nitrogen and oxygen atoms in total. The number of nitro groups is 1. The summed E-state index contributed by atoms with van der Waals surface area (Å²) in [5.41, 5.74) is 1.90. The summed E-state index contributed by atoms with van der Waals surface area (Å²) in [6, 6.07) is 11.3. The van der Waals surface area contributed by atoms with Crippen molar-refractivity contribution in [3.63, 3.8) is 0 Å². The molecule has 2 rings (SSSR count). The average molecular weight is 289 g/mol. The standard InChI is InChI=1S/C15H16FN3O2/c1-17-12-8-13(10-14(9-12)19(20)21)18-7-6-11-4-2-3-5-15(11)16/h2-5,8-10,17-18H,6-7H2,1H3. The van der Waals surface area contributed by atoms with Gasteiger partial charge in [0.1, 0.15) is 5.82 Å². The van der Waals surface area contributed by atoms with Crippen molar-refractivity contribution in [2.45, 2.75) is 6.42 Å². The first-order valence-electron chi connectivity index (χ1n) is 6.54. The lowest BCUT2D eigenvalue weighted by Crippen LogP contribution is -2.07. The lowest BCUT2D eigenvalue weighted by Gasteiger charge is -2.09. The van der Waals surface area contributed by atoms with Crippen LogP contribution in [0.15, 0.2) is 42.5 Å². The van der Waals surface area contributed by atoms with E-state index in [4.69, 9.17) is 0 Å². The van der Waals surface area contributed by atoms with E-state index < -0.39 is 4.92 Å². The zero-order chi connectivity index (χ0) is 15.2. The molecule has 110 valence electrons. The van der Waals surface area contributed by atoms with Crippen molar-refractivity contribution in [2.24, 2.45) is 0 Å². The van der Waals surface area contributed by atoms with Crippen LogP contribution in [0.4, 0.5) is 21.5 Å². The summed E-state index contributed by atoms with van der Waals surface area (Å²) in [5, 5.41) is 16.8. The van der Waals surface area contributed by atoms with Crippen molar-refractivity contribution in [1.82, 2.24) is 0 Å². The number of nitrogens with one attached hydrogen (secondary N) is 2. The predicted molar refractivity (Wildman–Crippen MR) is 81.2 cm³/mol. The molecule has 2 N–H and O–H groups in total. The van der Waals surface area contributed by atoms with Crippen LogP contribution in [-0.2, 0) is 6.42 Å². The topological polar surface area (TPSA) is 67.2 Å². The van der Waals surface area contributed by atoms with Crippen molar-refractivity contribution in [3.8, 4) is 0 Å². The molecule has 0 radical (unpaired) electrons. The molecule has 0 unspecified atom stereocenters. The first kappa shape index (κ1) is 14.8. The molecule has 2 aromatic carbocycles. The molecular weight excluding hydrogens is 273 g/mol. The molecule has 0 spiro atoms. The van der Waals surface area contributed by atoms with Crippen LogP contribution in [0.3, 0.4) is 0 Å². The molecule has 2 aromatic rings. The molecule has 0 aromatic heterocycles. The fraction of sp³-hybridized carbons (Fsp3) is 0.200. The van der Waals surface area contributed by atoms with Gasteiger partial charge in [0.15, 0.2) is 0 Å². The van der Waals surface area contributed by atoms with E-state index in [0.29, 0.717) is 29.9 Å². The number of nitrogens with zero attached hydrogens (tertiary/aromatic N) is 1. The number of hydrogen-bond acceptors (Lipinski definition) is 4. The highest BCUT2D eigenvalue weighted by atomic mass is 19.1. The summed E-state index contributed by atoms with van der Waals surface area (Å²) in [5.74, 6) is -0.241. The van der Waals surface area contributed by atoms with E-state index in [1.165, 1.54) is 18.2 Å². The predicted octanol–water partition coefficient (Wildman–Crippen LogP) is 3.43. The Balaban J connectivity index is 2.04. The third-order valence-electron chi connectivity index (χ3n) is 3.10. The molecule has 0 fully saturated rings. The van der Waals surface area contributed by atoms with Gasteiger partial charge in [-0.2, -0.15) is 0 Å². The van der Waals surface area contributed by atoms with Crippen LogP contribution in [0.5, 0.6) is 0 Å². The summed E-state index contributed by atoms with van der Waals surface area (Å²) in [4.78, 5) is 10.4. The van der Waals surface area contributed by atoms with Gasteiger partial charge in [0.05, 0.1) is 4.92 Å². The average Bonchev–Trinajstić information content (AvgIpc) is 2.49. The highest BCUT2D eigenvalue weighted by Crippen LogP contribution is 2.24. The van der Waals surface area contributed by atoms with Crippen molar-refractivity contribution >= 4 is 17.1 Å². The second-order valence-electron chi connectivity index (χ2n) is 4.54. The van der Waals surface area contributed by atoms with Crippen LogP contribution in [-0.4, -0.2) is 18.5 Å². The summed E-state index contributed by atoms with van der Waals surface area (Å²) >= 11 is 0. The van der Waals surface area contributed by atoms with Crippen LogP contribution < -0.4 is 10.6 Å². The van der Waals surface area contributed by atoms with Crippen LogP contribution >= 0.6 is 0 Å². The fourth-order valence-corrected chi connectivity index (χ4v) is 2.01. The van der Waals surface area contributed by atoms with Crippen molar-refractivity contribution in [3.05, 3.63) is 64.0 Å². The van der Waals surface area contributed by atoms with Gasteiger partial charge in [0.2, 0.25) is 0 Å². The molecule has 0 heterocycles. The van der Waals surface area contributed by atoms with Gasteiger partial charge in [0.25, 0.3) is 5.69 Å². The Morgan fingerprint density at radius 3 is 2.57 bits per heavy atom. The normalized spacial score (nSPS) is 10.2. The van der Waals surface area contributed by atoms with E-state index in [-0.39, 0.29) is 11.5 Å². The Morgan fingerprint density at radius 2 is 1.90 bits per heavy atom. The molecular formula is C15H16FN3O2. The van der Waals surface area contributed by atoms with Crippen LogP contribution in [0.1, 0.15) is 5.56 Å². The minimum absolute atomic E-state index is 0.00948. The van der Waals surface area contributed by atoms with Crippen LogP contribution in [0.25, 0.3) is 0 Å². The zero-order valence-corrected chi connectivity index (χ0v) is 11.6. The maximum Gasteiger partial charge on any atom is 0.273 e. The number of halogens is 1. The Labute approximate surface area is 122 Å². The summed E-state index contributed by atoms with van der Waals surface area (Å²) in [6.07, 6.45) is 0.504. The van der Waals surface area contributed by atoms with E-state index in [1.54, 1.807) is 31.3 Å². The highest BCUT2D eigenvalue weighted by Gasteiger charge is 2.09. The fourth-order valence-electron chi connectivity index (χ4n) is 2.01. The lowest BCUT2D eigenvalue weighted by molar-refractivity contribution is -0.384. The number of anilines is 2. The minimum Gasteiger partial charge on any atom is -0.388 e. The second-order valence-corrected chi connectivity index (χ2v) is 4.54. The molecule has 0 aliphatic heterocycles. The molecule has 0 aliphatic carbocycles. The van der Waals surface area contributed by atoms with Crippen molar-refractivity contribution < 1.29 is 9.31 Å². The van der Waals surface area contributed by atoms with Gasteiger partial charge in [0, 0.05) is 37.1 Å². The second kappa shape index (κ2) is 6.69. The van der Waals surface area contributed by atoms with E-state index in [9.17, 15) is 14.5 Å². The Bertz CT molecular complexity index is 647. The summed E-state index contributed by atoms with van der Waals surface area (Å²) in [7, 11) is 1.70. The smallest absolute Gasteiger partial charge is 0.273 e. The van der Waals surface area contributed by atoms with Gasteiger partial charge in [-0.15, -0.1) is 0 Å². The molecule has 0 atom stereocenters. The first-order valence-corrected chi connectivity index (χ1v) is 6.54. The summed E-state index contributed by atoms with van der Waals surface area (Å²) in [6.45, 7) is 0.491. The minimum atomic E-state index is -0.442. The number of benzene rings is 2. The van der Waals surface area contributed by atoms with Gasteiger partial charge >= 0.3 is 0 Å². The van der Waals surface area contributed by atoms with Gasteiger partial charge in [-0.3, -0.25) is 10.1 Å². The van der Waals surface area contributed by atoms with Gasteiger partial charge in [-0.1, -0.05) is 18.2 Å². The van der Waals surface area contributed by atoms with Gasteiger partial charge < -0.3 is 10.6 Å². The molecule has 6 heteroatoms. The Hall–Kier alpha value is -2.63. The molecule has 0 bridgehead atoms. The quantitative estimate of drug-likeness (QED) is 0.631. The van der Waals surface area contributed by atoms with E-state index in [2.05, 4.69) is 10.6 Å². The molecule has 0 saturated carbocycles. The first-order chi connectivity index (χ1) is 10.1. The van der Waals surface area contributed by atoms with E-state index in [0.717, 1.165) is 0 Å². The monoisotopic (exact) mass is 289 g/mol. The molecule has 0 saturated heterocycles. The van der Waals surface area contributed by atoms with E-state index in [1.807, 2.05) is 0 Å². The molecule has 0 amide bonds. The lowest BCUT2D eigenvalue weighted by atomic mass is 10.1. The van der Waals surface area contributed by atoms with Crippen LogP contribution in [0, 0.1) is 15.9 Å². The SMILES string of the molecule is CNc1cc(NCCc2ccccc2F)cc([N+](=O)[O-])c1. The third-order valence-corrected chi connectivity index (χ3v) is 3.10. The Kier molecular flexibility index (Phi) is 4.71. The Morgan fingerprint density at radius 1 is 1.19 bits per heavy atom.